The predicted octanol–water partition coefficient (Wildman–Crippen LogP) is 5.06. The van der Waals surface area contributed by atoms with Crippen LogP contribution in [0.3, 0.4) is 0 Å². The average Bonchev–Trinajstić information content (AvgIpc) is 2.86. The Hall–Kier alpha value is -1.79. The maximum Gasteiger partial charge on any atom is 0.286 e. The van der Waals surface area contributed by atoms with Crippen molar-refractivity contribution in [3.63, 3.8) is 0 Å². The van der Waals surface area contributed by atoms with Gasteiger partial charge in [0, 0.05) is 11.1 Å². The molecular weight excluding hydrogens is 360 g/mol. The fourth-order valence-electron chi connectivity index (χ4n) is 2.75. The molecule has 6 heteroatoms. The first-order valence-corrected chi connectivity index (χ1v) is 9.92. The van der Waals surface area contributed by atoms with Crippen LogP contribution in [0, 0.1) is 0 Å². The van der Waals surface area contributed by atoms with Gasteiger partial charge in [-0.3, -0.25) is 10.0 Å². The Morgan fingerprint density at radius 3 is 1.96 bits per heavy atom. The van der Waals surface area contributed by atoms with Crippen LogP contribution in [-0.4, -0.2) is 32.5 Å². The first kappa shape index (κ1) is 21.5. The number of hydrogen-bond acceptors (Lipinski definition) is 5. The summed E-state index contributed by atoms with van der Waals surface area (Å²) in [6, 6.07) is 3.67. The zero-order valence-electron chi connectivity index (χ0n) is 17.4. The number of nitrogens with zero attached hydrogens (tertiary/aromatic N) is 2. The number of aromatic hydroxyl groups is 1. The lowest BCUT2D eigenvalue weighted by Crippen LogP contribution is -2.30. The van der Waals surface area contributed by atoms with Crippen molar-refractivity contribution in [1.82, 2.24) is 5.06 Å². The molecule has 1 aromatic carbocycles. The Morgan fingerprint density at radius 1 is 1.07 bits per heavy atom. The highest BCUT2D eigenvalue weighted by molar-refractivity contribution is 8.18. The monoisotopic (exact) mass is 390 g/mol. The van der Waals surface area contributed by atoms with Crippen molar-refractivity contribution < 1.29 is 15.1 Å². The molecule has 0 fully saturated rings. The van der Waals surface area contributed by atoms with E-state index in [1.165, 1.54) is 0 Å². The van der Waals surface area contributed by atoms with Crippen molar-refractivity contribution >= 4 is 28.9 Å². The first-order valence-electron chi connectivity index (χ1n) is 9.10. The van der Waals surface area contributed by atoms with Crippen LogP contribution >= 0.6 is 11.8 Å². The Kier molecular flexibility index (Phi) is 5.83. The summed E-state index contributed by atoms with van der Waals surface area (Å²) in [6.07, 6.45) is 1.78. The molecule has 0 saturated heterocycles. The lowest BCUT2D eigenvalue weighted by Gasteiger charge is -2.28. The molecule has 0 aromatic heterocycles. The summed E-state index contributed by atoms with van der Waals surface area (Å²) in [5, 5.41) is 22.1. The summed E-state index contributed by atoms with van der Waals surface area (Å²) in [7, 11) is 0. The number of phenols is 1. The number of amidine groups is 1. The van der Waals surface area contributed by atoms with Gasteiger partial charge < -0.3 is 5.11 Å². The largest absolute Gasteiger partial charge is 0.507 e. The third kappa shape index (κ3) is 4.74. The number of phenolic OH excluding ortho intramolecular Hbond substituents is 1. The molecule has 0 bridgehead atoms. The minimum Gasteiger partial charge on any atom is -0.507 e. The van der Waals surface area contributed by atoms with Gasteiger partial charge in [-0.05, 0) is 60.2 Å². The number of aliphatic imine (C=N–C) groups is 1. The number of carbonyl (C=O) groups excluding carboxylic acids is 1. The molecule has 0 aliphatic carbocycles. The van der Waals surface area contributed by atoms with E-state index in [2.05, 4.69) is 4.99 Å². The minimum absolute atomic E-state index is 0.169. The Balaban J connectivity index is 2.51. The average molecular weight is 391 g/mol. The Morgan fingerprint density at radius 2 is 1.56 bits per heavy atom. The van der Waals surface area contributed by atoms with Crippen molar-refractivity contribution in [2.24, 2.45) is 4.99 Å². The van der Waals surface area contributed by atoms with Crippen molar-refractivity contribution in [2.45, 2.75) is 72.3 Å². The second kappa shape index (κ2) is 7.32. The molecule has 0 saturated carbocycles. The van der Waals surface area contributed by atoms with Gasteiger partial charge in [0.15, 0.2) is 5.17 Å². The Labute approximate surface area is 166 Å². The molecule has 2 N–H and O–H groups in total. The van der Waals surface area contributed by atoms with Crippen LogP contribution in [0.2, 0.25) is 0 Å². The molecule has 0 spiro atoms. The lowest BCUT2D eigenvalue weighted by atomic mass is 9.78. The van der Waals surface area contributed by atoms with Gasteiger partial charge >= 0.3 is 0 Å². The van der Waals surface area contributed by atoms with E-state index >= 15 is 0 Å². The summed E-state index contributed by atoms with van der Waals surface area (Å²) >= 11 is 1.16. The number of carbonyl (C=O) groups is 1. The lowest BCUT2D eigenvalue weighted by molar-refractivity contribution is -0.113. The van der Waals surface area contributed by atoms with Gasteiger partial charge in [0.05, 0.1) is 10.9 Å². The van der Waals surface area contributed by atoms with Crippen LogP contribution in [0.1, 0.15) is 72.1 Å². The maximum absolute atomic E-state index is 12.3. The molecule has 1 amide bonds. The fourth-order valence-corrected chi connectivity index (χ4v) is 3.71. The van der Waals surface area contributed by atoms with E-state index in [1.807, 2.05) is 67.5 Å². The molecule has 148 valence electrons. The standard InChI is InChI=1S/C21H30N2O3S/c1-12(2)23(26)19-22-18(25)16(27-19)11-13-9-14(20(3,4)5)17(24)15(10-13)21(6,7)8/h9-12,24,26H,1-8H3/b16-11+. The van der Waals surface area contributed by atoms with E-state index in [0.717, 1.165) is 33.5 Å². The number of rotatable bonds is 2. The van der Waals surface area contributed by atoms with Gasteiger partial charge in [-0.15, -0.1) is 0 Å². The SMILES string of the molecule is CC(C)N(O)C1=NC(=O)/C(=C\c2cc(C(C)(C)C)c(O)c(C(C)(C)C)c2)S1. The smallest absolute Gasteiger partial charge is 0.286 e. The molecule has 0 radical (unpaired) electrons. The van der Waals surface area contributed by atoms with Gasteiger partial charge in [-0.25, -0.2) is 5.06 Å². The van der Waals surface area contributed by atoms with Gasteiger partial charge in [-0.1, -0.05) is 41.5 Å². The molecule has 1 aliphatic rings. The maximum atomic E-state index is 12.3. The van der Waals surface area contributed by atoms with Gasteiger partial charge in [0.25, 0.3) is 5.91 Å². The van der Waals surface area contributed by atoms with E-state index in [-0.39, 0.29) is 27.9 Å². The number of benzene rings is 1. The van der Waals surface area contributed by atoms with Crippen LogP contribution < -0.4 is 0 Å². The summed E-state index contributed by atoms with van der Waals surface area (Å²) in [5.41, 5.74) is 2.02. The molecular formula is C21H30N2O3S. The highest BCUT2D eigenvalue weighted by atomic mass is 32.2. The van der Waals surface area contributed by atoms with Crippen LogP contribution in [-0.2, 0) is 15.6 Å². The first-order chi connectivity index (χ1) is 12.2. The van der Waals surface area contributed by atoms with Crippen LogP contribution in [0.5, 0.6) is 5.75 Å². The molecule has 27 heavy (non-hydrogen) atoms. The van der Waals surface area contributed by atoms with Gasteiger partial charge in [0.2, 0.25) is 0 Å². The second-order valence-corrected chi connectivity index (χ2v) is 10.2. The molecule has 1 heterocycles. The topological polar surface area (TPSA) is 73.1 Å². The van der Waals surface area contributed by atoms with Crippen molar-refractivity contribution in [3.05, 3.63) is 33.7 Å². The molecule has 0 atom stereocenters. The summed E-state index contributed by atoms with van der Waals surface area (Å²) in [5.74, 6) is -0.0572. The number of hydrogen-bond donors (Lipinski definition) is 2. The fraction of sp³-hybridized carbons (Fsp3) is 0.524. The third-order valence-electron chi connectivity index (χ3n) is 4.34. The van der Waals surface area contributed by atoms with Crippen molar-refractivity contribution in [1.29, 1.82) is 0 Å². The molecule has 1 aliphatic heterocycles. The highest BCUT2D eigenvalue weighted by Crippen LogP contribution is 2.41. The molecule has 2 rings (SSSR count). The van der Waals surface area contributed by atoms with E-state index in [9.17, 15) is 15.1 Å². The number of hydroxylamine groups is 2. The van der Waals surface area contributed by atoms with Gasteiger partial charge in [-0.2, -0.15) is 4.99 Å². The Bertz CT molecular complexity index is 777. The molecule has 5 nitrogen and oxygen atoms in total. The van der Waals surface area contributed by atoms with Gasteiger partial charge in [0.1, 0.15) is 5.75 Å². The number of amides is 1. The van der Waals surface area contributed by atoms with Crippen LogP contribution in [0.15, 0.2) is 22.0 Å². The predicted molar refractivity (Wildman–Crippen MR) is 112 cm³/mol. The van der Waals surface area contributed by atoms with Crippen molar-refractivity contribution in [2.75, 3.05) is 0 Å². The quantitative estimate of drug-likeness (QED) is 0.546. The van der Waals surface area contributed by atoms with E-state index in [0.29, 0.717) is 10.7 Å². The third-order valence-corrected chi connectivity index (χ3v) is 5.31. The number of thioether (sulfide) groups is 1. The van der Waals surface area contributed by atoms with Crippen LogP contribution in [0.4, 0.5) is 0 Å². The van der Waals surface area contributed by atoms with Crippen molar-refractivity contribution in [3.8, 4) is 5.75 Å². The minimum atomic E-state index is -0.364. The van der Waals surface area contributed by atoms with Crippen LogP contribution in [0.25, 0.3) is 6.08 Å². The summed E-state index contributed by atoms with van der Waals surface area (Å²) < 4.78 is 0. The zero-order chi connectivity index (χ0) is 20.7. The normalized spacial score (nSPS) is 17.0. The molecule has 1 aromatic rings. The zero-order valence-corrected chi connectivity index (χ0v) is 18.2. The van der Waals surface area contributed by atoms with E-state index in [1.54, 1.807) is 6.08 Å². The molecule has 0 unspecified atom stereocenters. The highest BCUT2D eigenvalue weighted by Gasteiger charge is 2.29. The second-order valence-electron chi connectivity index (χ2n) is 9.21. The van der Waals surface area contributed by atoms with E-state index < -0.39 is 0 Å². The summed E-state index contributed by atoms with van der Waals surface area (Å²) in [6.45, 7) is 15.9. The summed E-state index contributed by atoms with van der Waals surface area (Å²) in [4.78, 5) is 16.7. The van der Waals surface area contributed by atoms with E-state index in [4.69, 9.17) is 0 Å².